The van der Waals surface area contributed by atoms with E-state index in [2.05, 4.69) is 240 Å². The molecule has 7 aliphatic heterocycles. The molecule has 8 bridgehead atoms. The predicted molar refractivity (Wildman–Crippen MR) is 348 cm³/mol. The van der Waals surface area contributed by atoms with Crippen molar-refractivity contribution in [3.8, 4) is 5.75 Å². The third-order valence-corrected chi connectivity index (χ3v) is 16.5. The number of nitrogens with zero attached hydrogens (tertiary/aromatic N) is 4. The molecule has 7 aliphatic rings. The Labute approximate surface area is 494 Å². The van der Waals surface area contributed by atoms with E-state index < -0.39 is 0 Å². The van der Waals surface area contributed by atoms with Crippen LogP contribution in [0, 0.1) is 0 Å². The fourth-order valence-corrected chi connectivity index (χ4v) is 12.0. The van der Waals surface area contributed by atoms with E-state index in [0.717, 1.165) is 135 Å². The van der Waals surface area contributed by atoms with Crippen molar-refractivity contribution in [2.24, 2.45) is 9.98 Å². The molecule has 0 aromatic heterocycles. The van der Waals surface area contributed by atoms with Crippen molar-refractivity contribution in [2.45, 2.75) is 122 Å². The third kappa shape index (κ3) is 14.8. The van der Waals surface area contributed by atoms with Crippen LogP contribution in [0.5, 0.6) is 5.75 Å². The Kier molecular flexibility index (Phi) is 19.7. The average molecular weight is 1100 g/mol. The fourth-order valence-electron chi connectivity index (χ4n) is 12.0. The van der Waals surface area contributed by atoms with E-state index in [0.29, 0.717) is 6.61 Å². The van der Waals surface area contributed by atoms with Gasteiger partial charge in [0.2, 0.25) is 22.8 Å². The lowest BCUT2D eigenvalue weighted by Crippen LogP contribution is -2.71. The van der Waals surface area contributed by atoms with E-state index in [4.69, 9.17) is 14.7 Å². The molecular formula is C76H82N6O+2. The van der Waals surface area contributed by atoms with E-state index >= 15 is 0 Å². The van der Waals surface area contributed by atoms with Crippen molar-refractivity contribution in [1.82, 2.24) is 9.80 Å². The van der Waals surface area contributed by atoms with Gasteiger partial charge >= 0.3 is 0 Å². The highest BCUT2D eigenvalue weighted by atomic mass is 16.5. The molecule has 4 aromatic carbocycles. The second-order valence-electron chi connectivity index (χ2n) is 22.6. The Bertz CT molecular complexity index is 3420. The summed E-state index contributed by atoms with van der Waals surface area (Å²) >= 11 is 0. The van der Waals surface area contributed by atoms with E-state index in [9.17, 15) is 0 Å². The second-order valence-corrected chi connectivity index (χ2v) is 22.6. The van der Waals surface area contributed by atoms with Crippen LogP contribution in [-0.4, -0.2) is 52.3 Å². The number of allylic oxidation sites excluding steroid dienone is 18. The van der Waals surface area contributed by atoms with Crippen molar-refractivity contribution < 1.29 is 14.7 Å². The highest BCUT2D eigenvalue weighted by Gasteiger charge is 2.33. The molecule has 83 heavy (non-hydrogen) atoms. The molecule has 420 valence electrons. The van der Waals surface area contributed by atoms with Crippen LogP contribution in [0.2, 0.25) is 0 Å². The molecule has 2 N–H and O–H groups in total. The smallest absolute Gasteiger partial charge is 0.218 e. The maximum absolute atomic E-state index is 6.38. The lowest BCUT2D eigenvalue weighted by molar-refractivity contribution is -0.388. The lowest BCUT2D eigenvalue weighted by atomic mass is 9.98. The zero-order valence-corrected chi connectivity index (χ0v) is 48.8. The number of fused-ring (bicyclic) bond motifs is 4. The minimum absolute atomic E-state index is 0.678. The van der Waals surface area contributed by atoms with Gasteiger partial charge < -0.3 is 14.5 Å². The Hall–Kier alpha value is -8.42. The van der Waals surface area contributed by atoms with Crippen molar-refractivity contribution in [3.05, 3.63) is 269 Å². The van der Waals surface area contributed by atoms with E-state index in [1.54, 1.807) is 0 Å². The van der Waals surface area contributed by atoms with E-state index in [1.165, 1.54) is 101 Å². The molecule has 0 spiro atoms. The summed E-state index contributed by atoms with van der Waals surface area (Å²) in [7, 11) is 0. The summed E-state index contributed by atoms with van der Waals surface area (Å²) < 4.78 is 6.38. The summed E-state index contributed by atoms with van der Waals surface area (Å²) in [6.45, 7) is 5.09. The van der Waals surface area contributed by atoms with Gasteiger partial charge in [-0.05, 0) is 113 Å². The minimum atomic E-state index is 0.678. The van der Waals surface area contributed by atoms with Gasteiger partial charge in [-0.2, -0.15) is 0 Å². The van der Waals surface area contributed by atoms with Gasteiger partial charge in [0.05, 0.1) is 40.6 Å². The van der Waals surface area contributed by atoms with Crippen LogP contribution in [-0.2, 0) is 0 Å². The van der Waals surface area contributed by atoms with Crippen LogP contribution in [0.3, 0.4) is 0 Å². The monoisotopic (exact) mass is 1090 g/mol. The molecule has 0 saturated heterocycles. The van der Waals surface area contributed by atoms with Gasteiger partial charge in [0.15, 0.2) is 0 Å². The molecule has 7 heteroatoms. The molecule has 0 fully saturated rings. The quantitative estimate of drug-likeness (QED) is 0.0585. The Morgan fingerprint density at radius 3 is 1.25 bits per heavy atom. The van der Waals surface area contributed by atoms with Crippen LogP contribution in [0.4, 0.5) is 0 Å². The Morgan fingerprint density at radius 1 is 0.349 bits per heavy atom. The second kappa shape index (κ2) is 29.0. The fraction of sp³-hybridized carbons (Fsp3) is 0.289. The summed E-state index contributed by atoms with van der Waals surface area (Å²) in [6.07, 6.45) is 59.3. The standard InChI is InChI=1S/C76H80N6O/c1-2-3-4-5-6-7-8-9-10-11-12-13-14-26-51-81-53-47-58(48-54-81)59-49-55-82(56-50-59)52-27-15-16-28-57-83-64-37-35-63(36-38-64)76-71-45-43-69(79-71)74(61-31-22-18-23-32-61)67-41-39-65(77-67)73(60-29-20-17-21-30-60)66-40-42-68(78-66)75(62-33-24-19-25-34-62)70-44-46-72(76)80-70/h17-25,29-50,53-56H,2-16,26-28,51-52,57H2,1H3/p+2. The first kappa shape index (κ1) is 56.4. The van der Waals surface area contributed by atoms with Gasteiger partial charge in [-0.3, -0.25) is 0 Å². The summed E-state index contributed by atoms with van der Waals surface area (Å²) in [5.41, 5.74) is 18.4. The normalized spacial score (nSPS) is 16.9. The van der Waals surface area contributed by atoms with Gasteiger partial charge in [0.1, 0.15) is 11.3 Å². The molecule has 7 heterocycles. The van der Waals surface area contributed by atoms with Gasteiger partial charge in [0, 0.05) is 67.8 Å². The van der Waals surface area contributed by atoms with Crippen molar-refractivity contribution in [3.63, 3.8) is 0 Å². The number of hydrogen-bond acceptors (Lipinski definition) is 5. The van der Waals surface area contributed by atoms with Crippen LogP contribution < -0.4 is 14.7 Å². The predicted octanol–water partition coefficient (Wildman–Crippen LogP) is 15.3. The molecule has 0 atom stereocenters. The Balaban J connectivity index is 0.692. The van der Waals surface area contributed by atoms with Crippen LogP contribution in [0.1, 0.15) is 145 Å². The molecule has 0 aliphatic carbocycles. The van der Waals surface area contributed by atoms with Crippen LogP contribution >= 0.6 is 0 Å². The highest BCUT2D eigenvalue weighted by Crippen LogP contribution is 2.36. The number of unbranched alkanes of at least 4 members (excludes halogenated alkanes) is 16. The summed E-state index contributed by atoms with van der Waals surface area (Å²) in [6, 6.07) is 40.2. The number of aliphatic imine (C=N–C) groups is 2. The largest absolute Gasteiger partial charge is 0.494 e. The first-order valence-electron chi connectivity index (χ1n) is 31.2. The molecule has 0 amide bonds. The first-order chi connectivity index (χ1) is 41.1. The summed E-state index contributed by atoms with van der Waals surface area (Å²) in [5, 5.41) is 0. The van der Waals surface area contributed by atoms with Crippen LogP contribution in [0.15, 0.2) is 257 Å². The summed E-state index contributed by atoms with van der Waals surface area (Å²) in [4.78, 5) is 23.3. The number of nitrogens with one attached hydrogen (secondary N) is 2. The third-order valence-electron chi connectivity index (χ3n) is 16.5. The van der Waals surface area contributed by atoms with Crippen molar-refractivity contribution in [1.29, 1.82) is 0 Å². The molecule has 4 aromatic rings. The summed E-state index contributed by atoms with van der Waals surface area (Å²) in [5.74, 6) is 0.861. The van der Waals surface area contributed by atoms with Crippen molar-refractivity contribution >= 4 is 45.1 Å². The van der Waals surface area contributed by atoms with Gasteiger partial charge in [-0.15, -0.1) is 0 Å². The maximum Gasteiger partial charge on any atom is 0.218 e. The molecule has 0 unspecified atom stereocenters. The molecular weight excluding hydrogens is 1010 g/mol. The number of ether oxygens (including phenoxy) is 1. The highest BCUT2D eigenvalue weighted by molar-refractivity contribution is 6.37. The van der Waals surface area contributed by atoms with Gasteiger partial charge in [-0.25, -0.2) is 20.0 Å². The van der Waals surface area contributed by atoms with E-state index in [1.807, 2.05) is 0 Å². The molecule has 0 saturated carbocycles. The minimum Gasteiger partial charge on any atom is -0.494 e. The number of benzene rings is 4. The van der Waals surface area contributed by atoms with Gasteiger partial charge in [-0.1, -0.05) is 206 Å². The Morgan fingerprint density at radius 2 is 0.747 bits per heavy atom. The zero-order valence-electron chi connectivity index (χ0n) is 48.8. The molecule has 11 rings (SSSR count). The average Bonchev–Trinajstić information content (AvgIpc) is 4.52. The zero-order chi connectivity index (χ0) is 56.3. The van der Waals surface area contributed by atoms with Crippen molar-refractivity contribution in [2.75, 3.05) is 19.7 Å². The maximum atomic E-state index is 6.38. The first-order valence-corrected chi connectivity index (χ1v) is 31.2. The van der Waals surface area contributed by atoms with E-state index in [-0.39, 0.29) is 0 Å². The SMILES string of the molecule is CCCCCCCCCCCCCCCCN1C=CC(=C2C=CN(CCCCCCOc3ccc(C4=C5C=CC(=N5)C(c5ccccc5)=C5C=CC(=[NH+]5)C(c5ccccc5)=C5C=CC(=[NH+]5)C(c5ccccc5)=C5C=CC4=N5)cc3)C=C2)C=C1. The number of rotatable bonds is 27. The molecule has 0 radical (unpaired) electrons. The lowest BCUT2D eigenvalue weighted by Gasteiger charge is -2.22. The van der Waals surface area contributed by atoms with Gasteiger partial charge in [0.25, 0.3) is 0 Å². The molecule has 7 nitrogen and oxygen atoms in total. The topological polar surface area (TPSA) is 68.4 Å². The number of hydrogen-bond donors (Lipinski definition) is 2. The van der Waals surface area contributed by atoms with Crippen LogP contribution in [0.25, 0.3) is 22.3 Å².